The lowest BCUT2D eigenvalue weighted by Crippen LogP contribution is -2.56. The van der Waals surface area contributed by atoms with Gasteiger partial charge < -0.3 is 14.5 Å². The van der Waals surface area contributed by atoms with Crippen LogP contribution in [0.2, 0.25) is 0 Å². The number of rotatable bonds is 5. The maximum Gasteiger partial charge on any atom is 0.337 e. The number of anilines is 1. The molecular weight excluding hydrogens is 320 g/mol. The second-order valence-corrected chi connectivity index (χ2v) is 8.24. The molecule has 1 unspecified atom stereocenters. The number of ether oxygens (including phenoxy) is 1. The van der Waals surface area contributed by atoms with Gasteiger partial charge in [-0.15, -0.1) is 0 Å². The molecular formula is C19H28N2O4. The lowest BCUT2D eigenvalue weighted by Gasteiger charge is -2.44. The minimum atomic E-state index is -0.585. The third-order valence-corrected chi connectivity index (χ3v) is 5.06. The van der Waals surface area contributed by atoms with Gasteiger partial charge in [0, 0.05) is 19.2 Å². The predicted molar refractivity (Wildman–Crippen MR) is 95.6 cm³/mol. The average Bonchev–Trinajstić information content (AvgIpc) is 2.46. The number of hydrogen-bond acceptors (Lipinski definition) is 5. The average molecular weight is 348 g/mol. The largest absolute Gasteiger partial charge is 0.406 e. The summed E-state index contributed by atoms with van der Waals surface area (Å²) in [5, 5.41) is 3.08. The Morgan fingerprint density at radius 1 is 1.32 bits per heavy atom. The van der Waals surface area contributed by atoms with Crippen molar-refractivity contribution in [1.82, 2.24) is 4.90 Å². The van der Waals surface area contributed by atoms with E-state index in [0.717, 1.165) is 37.7 Å². The monoisotopic (exact) mass is 348 g/mol. The molecule has 1 amide bonds. The topological polar surface area (TPSA) is 71.8 Å². The smallest absolute Gasteiger partial charge is 0.337 e. The van der Waals surface area contributed by atoms with Crippen LogP contribution in [0.3, 0.4) is 0 Å². The van der Waals surface area contributed by atoms with Crippen molar-refractivity contribution in [2.75, 3.05) is 12.4 Å². The van der Waals surface area contributed by atoms with Crippen molar-refractivity contribution in [1.29, 1.82) is 0 Å². The van der Waals surface area contributed by atoms with Crippen LogP contribution in [0.1, 0.15) is 68.8 Å². The van der Waals surface area contributed by atoms with E-state index in [2.05, 4.69) is 26.1 Å². The third-order valence-electron chi connectivity index (χ3n) is 5.06. The molecule has 1 aliphatic carbocycles. The van der Waals surface area contributed by atoms with Crippen molar-refractivity contribution in [3.05, 3.63) is 27.6 Å². The van der Waals surface area contributed by atoms with Crippen LogP contribution in [0, 0.1) is 5.41 Å². The van der Waals surface area contributed by atoms with Gasteiger partial charge in [-0.25, -0.2) is 4.79 Å². The Bertz CT molecular complexity index is 700. The van der Waals surface area contributed by atoms with E-state index in [0.29, 0.717) is 12.0 Å². The molecule has 2 heterocycles. The van der Waals surface area contributed by atoms with Crippen molar-refractivity contribution >= 4 is 11.8 Å². The summed E-state index contributed by atoms with van der Waals surface area (Å²) in [4.78, 5) is 26.9. The molecule has 0 bridgehead atoms. The van der Waals surface area contributed by atoms with Crippen LogP contribution in [0.25, 0.3) is 0 Å². The highest BCUT2D eigenvalue weighted by molar-refractivity contribution is 6.01. The number of nitrogens with zero attached hydrogens (tertiary/aromatic N) is 1. The summed E-state index contributed by atoms with van der Waals surface area (Å²) < 4.78 is 10.7. The minimum Gasteiger partial charge on any atom is -0.406 e. The maximum atomic E-state index is 13.2. The summed E-state index contributed by atoms with van der Waals surface area (Å²) in [7, 11) is 1.55. The van der Waals surface area contributed by atoms with Crippen LogP contribution in [-0.2, 0) is 11.2 Å². The van der Waals surface area contributed by atoms with Crippen LogP contribution in [0.15, 0.2) is 15.3 Å². The Morgan fingerprint density at radius 3 is 2.60 bits per heavy atom. The van der Waals surface area contributed by atoms with E-state index in [4.69, 9.17) is 9.15 Å². The Balaban J connectivity index is 1.91. The zero-order chi connectivity index (χ0) is 18.2. The Kier molecular flexibility index (Phi) is 4.91. The first-order valence-electron chi connectivity index (χ1n) is 9.09. The summed E-state index contributed by atoms with van der Waals surface area (Å²) in [6.45, 7) is 6.57. The first-order chi connectivity index (χ1) is 11.8. The van der Waals surface area contributed by atoms with E-state index >= 15 is 0 Å². The first kappa shape index (κ1) is 18.0. The normalized spacial score (nSPS) is 20.9. The van der Waals surface area contributed by atoms with Crippen molar-refractivity contribution < 1.29 is 13.9 Å². The third kappa shape index (κ3) is 3.73. The van der Waals surface area contributed by atoms with Crippen molar-refractivity contribution in [3.63, 3.8) is 0 Å². The fraction of sp³-hybridized carbons (Fsp3) is 0.684. The molecule has 6 nitrogen and oxygen atoms in total. The molecule has 1 saturated carbocycles. The molecule has 138 valence electrons. The Morgan fingerprint density at radius 2 is 2.04 bits per heavy atom. The van der Waals surface area contributed by atoms with Crippen LogP contribution < -0.4 is 10.9 Å². The highest BCUT2D eigenvalue weighted by Gasteiger charge is 2.41. The zero-order valence-corrected chi connectivity index (χ0v) is 15.6. The number of nitrogens with one attached hydrogen (secondary N) is 1. The van der Waals surface area contributed by atoms with Gasteiger partial charge >= 0.3 is 5.63 Å². The van der Waals surface area contributed by atoms with Gasteiger partial charge in [-0.1, -0.05) is 20.8 Å². The molecule has 6 heteroatoms. The molecule has 0 saturated heterocycles. The van der Waals surface area contributed by atoms with Gasteiger partial charge in [-0.3, -0.25) is 9.69 Å². The molecule has 25 heavy (non-hydrogen) atoms. The zero-order valence-electron chi connectivity index (χ0n) is 15.6. The summed E-state index contributed by atoms with van der Waals surface area (Å²) >= 11 is 0. The number of hydrogen-bond donors (Lipinski definition) is 1. The van der Waals surface area contributed by atoms with E-state index in [1.807, 2.05) is 0 Å². The van der Waals surface area contributed by atoms with Crippen LogP contribution in [0.4, 0.5) is 5.88 Å². The van der Waals surface area contributed by atoms with E-state index in [-0.39, 0.29) is 23.2 Å². The molecule has 1 N–H and O–H groups in total. The van der Waals surface area contributed by atoms with Gasteiger partial charge in [0.15, 0.2) is 0 Å². The summed E-state index contributed by atoms with van der Waals surface area (Å²) in [6, 6.07) is 1.65. The standard InChI is InChI=1S/C19H28N2O4/c1-19(2,3)10-6-7-12-11-14(22)25-16-15(12)17(23)21(13-8-5-9-13)18(20-16)24-4/h11,13,18,20H,5-10H2,1-4H3. The SMILES string of the molecule is COC1Nc2oc(=O)cc(CCCC(C)(C)C)c2C(=O)N1C1CCC1. The number of carbonyl (C=O) groups excluding carboxylic acids is 1. The second kappa shape index (κ2) is 6.83. The maximum absolute atomic E-state index is 13.2. The number of fused-ring (bicyclic) bond motifs is 1. The molecule has 3 rings (SSSR count). The van der Waals surface area contributed by atoms with E-state index in [1.165, 1.54) is 6.07 Å². The number of amides is 1. The molecule has 1 aliphatic heterocycles. The Labute approximate surface area is 148 Å². The van der Waals surface area contributed by atoms with E-state index in [9.17, 15) is 9.59 Å². The fourth-order valence-corrected chi connectivity index (χ4v) is 3.50. The molecule has 2 aliphatic rings. The molecule has 1 aromatic heterocycles. The van der Waals surface area contributed by atoms with E-state index in [1.54, 1.807) is 12.0 Å². The quantitative estimate of drug-likeness (QED) is 0.883. The number of methoxy groups -OCH3 is 1. The fourth-order valence-electron chi connectivity index (χ4n) is 3.50. The highest BCUT2D eigenvalue weighted by Crippen LogP contribution is 2.35. The van der Waals surface area contributed by atoms with Gasteiger partial charge in [-0.2, -0.15) is 0 Å². The van der Waals surface area contributed by atoms with Crippen LogP contribution in [-0.4, -0.2) is 30.3 Å². The lowest BCUT2D eigenvalue weighted by atomic mass is 9.87. The van der Waals surface area contributed by atoms with Crippen LogP contribution >= 0.6 is 0 Å². The molecule has 1 aromatic rings. The van der Waals surface area contributed by atoms with E-state index < -0.39 is 12.0 Å². The predicted octanol–water partition coefficient (Wildman–Crippen LogP) is 3.36. The highest BCUT2D eigenvalue weighted by atomic mass is 16.5. The molecule has 1 fully saturated rings. The summed E-state index contributed by atoms with van der Waals surface area (Å²) in [5.74, 6) is 0.144. The number of aryl methyl sites for hydroxylation is 1. The van der Waals surface area contributed by atoms with Gasteiger partial charge in [0.25, 0.3) is 5.91 Å². The second-order valence-electron chi connectivity index (χ2n) is 8.24. The van der Waals surface area contributed by atoms with Gasteiger partial charge in [0.2, 0.25) is 12.2 Å². The summed E-state index contributed by atoms with van der Waals surface area (Å²) in [6.07, 6.45) is 5.14. The molecule has 1 atom stereocenters. The van der Waals surface area contributed by atoms with Crippen molar-refractivity contribution in [3.8, 4) is 0 Å². The van der Waals surface area contributed by atoms with Crippen LogP contribution in [0.5, 0.6) is 0 Å². The lowest BCUT2D eigenvalue weighted by molar-refractivity contribution is -0.0420. The minimum absolute atomic E-state index is 0.0974. The van der Waals surface area contributed by atoms with Crippen molar-refractivity contribution in [2.24, 2.45) is 5.41 Å². The van der Waals surface area contributed by atoms with Gasteiger partial charge in [0.05, 0.1) is 0 Å². The van der Waals surface area contributed by atoms with Gasteiger partial charge in [0.1, 0.15) is 5.56 Å². The summed E-state index contributed by atoms with van der Waals surface area (Å²) in [5.41, 5.74) is 1.05. The number of carbonyl (C=O) groups is 1. The molecule has 0 spiro atoms. The van der Waals surface area contributed by atoms with Crippen molar-refractivity contribution in [2.45, 2.75) is 71.7 Å². The Hall–Kier alpha value is -1.82. The molecule has 0 aromatic carbocycles. The first-order valence-corrected chi connectivity index (χ1v) is 9.09. The van der Waals surface area contributed by atoms with Gasteiger partial charge in [-0.05, 0) is 49.5 Å². The molecule has 0 radical (unpaired) electrons.